The normalized spacial score (nSPS) is 10.9. The Morgan fingerprint density at radius 2 is 1.88 bits per heavy atom. The van der Waals surface area contributed by atoms with E-state index >= 15 is 0 Å². The molecular weight excluding hydrogens is 216 g/mol. The lowest BCUT2D eigenvalue weighted by atomic mass is 10.2. The van der Waals surface area contributed by atoms with Crippen molar-refractivity contribution in [2.45, 2.75) is 27.3 Å². The Balaban J connectivity index is 2.39. The van der Waals surface area contributed by atoms with Crippen LogP contribution in [-0.2, 0) is 13.6 Å². The highest BCUT2D eigenvalue weighted by Crippen LogP contribution is 2.19. The van der Waals surface area contributed by atoms with Crippen LogP contribution in [0, 0.1) is 20.8 Å². The van der Waals surface area contributed by atoms with Crippen molar-refractivity contribution in [3.8, 4) is 0 Å². The zero-order chi connectivity index (χ0) is 12.6. The highest BCUT2D eigenvalue weighted by Gasteiger charge is 2.14. The summed E-state index contributed by atoms with van der Waals surface area (Å²) in [7, 11) is 3.83. The molecule has 2 aromatic heterocycles. The molecule has 92 valence electrons. The third-order valence-corrected chi connectivity index (χ3v) is 2.85. The van der Waals surface area contributed by atoms with Gasteiger partial charge in [0.1, 0.15) is 17.5 Å². The van der Waals surface area contributed by atoms with Gasteiger partial charge in [-0.25, -0.2) is 9.67 Å². The zero-order valence-corrected chi connectivity index (χ0v) is 10.9. The third-order valence-electron chi connectivity index (χ3n) is 2.85. The van der Waals surface area contributed by atoms with E-state index in [9.17, 15) is 0 Å². The smallest absolute Gasteiger partial charge is 0.147 e. The number of anilines is 1. The van der Waals surface area contributed by atoms with Crippen LogP contribution in [0.3, 0.4) is 0 Å². The molecule has 0 spiro atoms. The van der Waals surface area contributed by atoms with Crippen LogP contribution in [-0.4, -0.2) is 31.6 Å². The summed E-state index contributed by atoms with van der Waals surface area (Å²) in [6.07, 6.45) is 0. The van der Waals surface area contributed by atoms with Gasteiger partial charge in [0.25, 0.3) is 0 Å². The van der Waals surface area contributed by atoms with Gasteiger partial charge < -0.3 is 5.32 Å². The SMILES string of the molecule is CNc1c(Cn2nc(C)nc2C)c(C)nn1C. The predicted octanol–water partition coefficient (Wildman–Crippen LogP) is 1.03. The molecule has 6 heteroatoms. The van der Waals surface area contributed by atoms with E-state index in [4.69, 9.17) is 0 Å². The first-order valence-electron chi connectivity index (χ1n) is 5.61. The quantitative estimate of drug-likeness (QED) is 0.861. The molecule has 0 aromatic carbocycles. The summed E-state index contributed by atoms with van der Waals surface area (Å²) < 4.78 is 3.75. The lowest BCUT2D eigenvalue weighted by molar-refractivity contribution is 0.654. The maximum atomic E-state index is 4.41. The maximum Gasteiger partial charge on any atom is 0.147 e. The highest BCUT2D eigenvalue weighted by molar-refractivity contribution is 5.47. The molecule has 17 heavy (non-hydrogen) atoms. The van der Waals surface area contributed by atoms with Crippen LogP contribution in [0.25, 0.3) is 0 Å². The molecule has 0 aliphatic carbocycles. The Bertz CT molecular complexity index is 536. The largest absolute Gasteiger partial charge is 0.373 e. The van der Waals surface area contributed by atoms with Crippen LogP contribution in [0.5, 0.6) is 0 Å². The molecule has 0 bridgehead atoms. The van der Waals surface area contributed by atoms with Crippen LogP contribution in [0.15, 0.2) is 0 Å². The number of hydrogen-bond donors (Lipinski definition) is 1. The molecule has 2 heterocycles. The van der Waals surface area contributed by atoms with E-state index in [0.29, 0.717) is 6.54 Å². The molecule has 0 saturated carbocycles. The van der Waals surface area contributed by atoms with Gasteiger partial charge in [0.15, 0.2) is 0 Å². The van der Waals surface area contributed by atoms with Gasteiger partial charge in [0.05, 0.1) is 12.2 Å². The van der Waals surface area contributed by atoms with Gasteiger partial charge in [-0.05, 0) is 20.8 Å². The molecule has 0 fully saturated rings. The summed E-state index contributed by atoms with van der Waals surface area (Å²) in [4.78, 5) is 4.30. The summed E-state index contributed by atoms with van der Waals surface area (Å²) in [5, 5.41) is 11.9. The lowest BCUT2D eigenvalue weighted by Crippen LogP contribution is -2.07. The summed E-state index contributed by atoms with van der Waals surface area (Å²) in [5.41, 5.74) is 2.17. The number of hydrogen-bond acceptors (Lipinski definition) is 4. The molecule has 0 atom stereocenters. The fraction of sp³-hybridized carbons (Fsp3) is 0.545. The Morgan fingerprint density at radius 1 is 1.18 bits per heavy atom. The number of nitrogens with one attached hydrogen (secondary N) is 1. The van der Waals surface area contributed by atoms with Gasteiger partial charge in [-0.3, -0.25) is 4.68 Å². The molecule has 0 aliphatic heterocycles. The highest BCUT2D eigenvalue weighted by atomic mass is 15.4. The molecular formula is C11H18N6. The molecule has 0 aliphatic rings. The molecule has 0 saturated heterocycles. The van der Waals surface area contributed by atoms with Gasteiger partial charge in [-0.1, -0.05) is 0 Å². The van der Waals surface area contributed by atoms with Gasteiger partial charge in [-0.15, -0.1) is 0 Å². The van der Waals surface area contributed by atoms with Gasteiger partial charge in [0, 0.05) is 19.7 Å². The Labute approximate surface area is 101 Å². The van der Waals surface area contributed by atoms with Gasteiger partial charge >= 0.3 is 0 Å². The minimum Gasteiger partial charge on any atom is -0.373 e. The standard InChI is InChI=1S/C11H18N6/c1-7-10(11(12-4)16(5)14-7)6-17-9(3)13-8(2)15-17/h12H,6H2,1-5H3. The average Bonchev–Trinajstić information content (AvgIpc) is 2.69. The monoisotopic (exact) mass is 234 g/mol. The fourth-order valence-electron chi connectivity index (χ4n) is 2.06. The van der Waals surface area contributed by atoms with E-state index in [-0.39, 0.29) is 0 Å². The second kappa shape index (κ2) is 4.20. The zero-order valence-electron chi connectivity index (χ0n) is 10.9. The average molecular weight is 234 g/mol. The second-order valence-corrected chi connectivity index (χ2v) is 4.15. The fourth-order valence-corrected chi connectivity index (χ4v) is 2.06. The van der Waals surface area contributed by atoms with Crippen molar-refractivity contribution < 1.29 is 0 Å². The first-order valence-corrected chi connectivity index (χ1v) is 5.61. The van der Waals surface area contributed by atoms with Crippen LogP contribution in [0.2, 0.25) is 0 Å². The van der Waals surface area contributed by atoms with Crippen molar-refractivity contribution >= 4 is 5.82 Å². The predicted molar refractivity (Wildman–Crippen MR) is 66.1 cm³/mol. The van der Waals surface area contributed by atoms with Crippen molar-refractivity contribution in [1.82, 2.24) is 24.5 Å². The van der Waals surface area contributed by atoms with Crippen molar-refractivity contribution in [2.75, 3.05) is 12.4 Å². The first kappa shape index (κ1) is 11.6. The van der Waals surface area contributed by atoms with Crippen LogP contribution in [0.1, 0.15) is 22.9 Å². The molecule has 0 unspecified atom stereocenters. The lowest BCUT2D eigenvalue weighted by Gasteiger charge is -2.06. The molecule has 2 aromatic rings. The topological polar surface area (TPSA) is 60.6 Å². The summed E-state index contributed by atoms with van der Waals surface area (Å²) >= 11 is 0. The van der Waals surface area contributed by atoms with Crippen molar-refractivity contribution in [3.05, 3.63) is 22.9 Å². The summed E-state index contributed by atoms with van der Waals surface area (Å²) in [6, 6.07) is 0. The molecule has 6 nitrogen and oxygen atoms in total. The van der Waals surface area contributed by atoms with Crippen LogP contribution < -0.4 is 5.32 Å². The molecule has 1 N–H and O–H groups in total. The number of nitrogens with zero attached hydrogens (tertiary/aromatic N) is 5. The van der Waals surface area contributed by atoms with Crippen molar-refractivity contribution in [2.24, 2.45) is 7.05 Å². The maximum absolute atomic E-state index is 4.41. The third kappa shape index (κ3) is 2.02. The van der Waals surface area contributed by atoms with E-state index < -0.39 is 0 Å². The van der Waals surface area contributed by atoms with Gasteiger partial charge in [0.2, 0.25) is 0 Å². The Hall–Kier alpha value is -1.85. The van der Waals surface area contributed by atoms with E-state index in [1.54, 1.807) is 0 Å². The minimum absolute atomic E-state index is 0.697. The first-order chi connectivity index (χ1) is 8.02. The minimum atomic E-state index is 0.697. The Morgan fingerprint density at radius 3 is 2.41 bits per heavy atom. The van der Waals surface area contributed by atoms with Crippen molar-refractivity contribution in [3.63, 3.8) is 0 Å². The van der Waals surface area contributed by atoms with Gasteiger partial charge in [-0.2, -0.15) is 10.2 Å². The van der Waals surface area contributed by atoms with E-state index in [2.05, 4.69) is 20.5 Å². The van der Waals surface area contributed by atoms with E-state index in [1.165, 1.54) is 0 Å². The second-order valence-electron chi connectivity index (χ2n) is 4.15. The van der Waals surface area contributed by atoms with Crippen LogP contribution >= 0.6 is 0 Å². The summed E-state index contributed by atoms with van der Waals surface area (Å²) in [5.74, 6) is 2.75. The van der Waals surface area contributed by atoms with E-state index in [0.717, 1.165) is 28.7 Å². The Kier molecular flexibility index (Phi) is 2.87. The van der Waals surface area contributed by atoms with Crippen molar-refractivity contribution in [1.29, 1.82) is 0 Å². The molecule has 2 rings (SSSR count). The molecule has 0 amide bonds. The number of rotatable bonds is 3. The molecule has 0 radical (unpaired) electrons. The van der Waals surface area contributed by atoms with E-state index in [1.807, 2.05) is 44.2 Å². The van der Waals surface area contributed by atoms with Crippen LogP contribution in [0.4, 0.5) is 5.82 Å². The number of aromatic nitrogens is 5. The summed E-state index contributed by atoms with van der Waals surface area (Å²) in [6.45, 7) is 6.57. The number of aryl methyl sites for hydroxylation is 4.